The Balaban J connectivity index is 2.32. The molecule has 1 rings (SSSR count). The third-order valence-electron chi connectivity index (χ3n) is 3.02. The molecule has 0 N–H and O–H groups in total. The van der Waals surface area contributed by atoms with Crippen molar-refractivity contribution in [2.24, 2.45) is 0 Å². The van der Waals surface area contributed by atoms with Crippen LogP contribution in [0.3, 0.4) is 0 Å². The molecule has 2 nitrogen and oxygen atoms in total. The highest BCUT2D eigenvalue weighted by Gasteiger charge is 2.15. The molecule has 0 spiro atoms. The molecule has 0 unspecified atom stereocenters. The number of hydrogen-bond acceptors (Lipinski definition) is 2. The van der Waals surface area contributed by atoms with Gasteiger partial charge in [0.1, 0.15) is 0 Å². The molecule has 1 saturated carbocycles. The molecule has 0 radical (unpaired) electrons. The molecular formula is C11H20N2. The van der Waals surface area contributed by atoms with Crippen molar-refractivity contribution >= 4 is 0 Å². The van der Waals surface area contributed by atoms with E-state index in [2.05, 4.69) is 18.0 Å². The van der Waals surface area contributed by atoms with Crippen LogP contribution >= 0.6 is 0 Å². The van der Waals surface area contributed by atoms with Crippen molar-refractivity contribution < 1.29 is 0 Å². The van der Waals surface area contributed by atoms with E-state index in [0.717, 1.165) is 0 Å². The zero-order valence-corrected chi connectivity index (χ0v) is 8.63. The summed E-state index contributed by atoms with van der Waals surface area (Å²) >= 11 is 0. The zero-order valence-electron chi connectivity index (χ0n) is 8.63. The molecule has 1 aliphatic rings. The molecule has 0 aromatic carbocycles. The van der Waals surface area contributed by atoms with Crippen molar-refractivity contribution in [2.75, 3.05) is 13.6 Å². The minimum atomic E-state index is 0.588. The monoisotopic (exact) mass is 180 g/mol. The van der Waals surface area contributed by atoms with Gasteiger partial charge >= 0.3 is 0 Å². The molecule has 0 aromatic heterocycles. The van der Waals surface area contributed by atoms with Gasteiger partial charge < -0.3 is 0 Å². The van der Waals surface area contributed by atoms with E-state index >= 15 is 0 Å². The molecule has 0 saturated heterocycles. The lowest BCUT2D eigenvalue weighted by atomic mass is 9.96. The largest absolute Gasteiger partial charge is 0.291 e. The molecular weight excluding hydrogens is 160 g/mol. The van der Waals surface area contributed by atoms with Gasteiger partial charge in [-0.15, -0.1) is 0 Å². The van der Waals surface area contributed by atoms with Crippen molar-refractivity contribution in [1.82, 2.24) is 4.90 Å². The van der Waals surface area contributed by atoms with Crippen LogP contribution in [-0.2, 0) is 0 Å². The first kappa shape index (κ1) is 10.5. The van der Waals surface area contributed by atoms with Crippen LogP contribution in [0.2, 0.25) is 0 Å². The van der Waals surface area contributed by atoms with Gasteiger partial charge in [-0.25, -0.2) is 0 Å². The predicted octanol–water partition coefficient (Wildman–Crippen LogP) is 2.55. The first-order valence-corrected chi connectivity index (χ1v) is 5.42. The average Bonchev–Trinajstić information content (AvgIpc) is 2.03. The van der Waals surface area contributed by atoms with Gasteiger partial charge in [-0.2, -0.15) is 5.26 Å². The second-order valence-electron chi connectivity index (χ2n) is 4.07. The van der Waals surface area contributed by atoms with Crippen molar-refractivity contribution in [3.05, 3.63) is 0 Å². The summed E-state index contributed by atoms with van der Waals surface area (Å²) in [6, 6.07) is 2.89. The lowest BCUT2D eigenvalue weighted by molar-refractivity contribution is 0.224. The Bertz CT molecular complexity index is 163. The Morgan fingerprint density at radius 3 is 2.23 bits per heavy atom. The molecule has 0 atom stereocenters. The van der Waals surface area contributed by atoms with Crippen LogP contribution in [0, 0.1) is 11.3 Å². The number of nitriles is 1. The van der Waals surface area contributed by atoms with Crippen LogP contribution in [-0.4, -0.2) is 24.5 Å². The molecule has 0 amide bonds. The molecule has 0 bridgehead atoms. The van der Waals surface area contributed by atoms with Gasteiger partial charge in [0.2, 0.25) is 0 Å². The fraction of sp³-hybridized carbons (Fsp3) is 0.909. The van der Waals surface area contributed by atoms with Gasteiger partial charge in [0, 0.05) is 6.04 Å². The van der Waals surface area contributed by atoms with E-state index < -0.39 is 0 Å². The number of hydrogen-bond donors (Lipinski definition) is 0. The summed E-state index contributed by atoms with van der Waals surface area (Å²) in [5, 5.41) is 8.60. The van der Waals surface area contributed by atoms with Gasteiger partial charge in [-0.3, -0.25) is 4.90 Å². The van der Waals surface area contributed by atoms with Gasteiger partial charge in [-0.1, -0.05) is 32.1 Å². The molecule has 1 fully saturated rings. The average molecular weight is 180 g/mol. The Morgan fingerprint density at radius 2 is 1.69 bits per heavy atom. The molecule has 1 aliphatic carbocycles. The first-order chi connectivity index (χ1) is 6.34. The molecule has 0 aliphatic heterocycles. The smallest absolute Gasteiger partial charge is 0.0865 e. The van der Waals surface area contributed by atoms with Crippen LogP contribution in [0.5, 0.6) is 0 Å². The van der Waals surface area contributed by atoms with Crippen LogP contribution in [0.25, 0.3) is 0 Å². The highest BCUT2D eigenvalue weighted by atomic mass is 15.1. The normalized spacial score (nSPS) is 20.7. The molecule has 13 heavy (non-hydrogen) atoms. The van der Waals surface area contributed by atoms with E-state index in [1.165, 1.54) is 44.9 Å². The summed E-state index contributed by atoms with van der Waals surface area (Å²) in [5.41, 5.74) is 0. The van der Waals surface area contributed by atoms with E-state index in [9.17, 15) is 0 Å². The highest BCUT2D eigenvalue weighted by molar-refractivity contribution is 4.80. The fourth-order valence-corrected chi connectivity index (χ4v) is 2.12. The van der Waals surface area contributed by atoms with Gasteiger partial charge in [0.15, 0.2) is 0 Å². The number of rotatable bonds is 2. The van der Waals surface area contributed by atoms with Crippen molar-refractivity contribution in [1.29, 1.82) is 5.26 Å². The van der Waals surface area contributed by atoms with Gasteiger partial charge in [0.25, 0.3) is 0 Å². The van der Waals surface area contributed by atoms with Crippen LogP contribution in [0.1, 0.15) is 44.9 Å². The minimum Gasteiger partial charge on any atom is -0.291 e. The highest BCUT2D eigenvalue weighted by Crippen LogP contribution is 2.20. The summed E-state index contributed by atoms with van der Waals surface area (Å²) in [4.78, 5) is 2.21. The maximum absolute atomic E-state index is 8.60. The Labute approximate surface area is 81.5 Å². The fourth-order valence-electron chi connectivity index (χ4n) is 2.12. The van der Waals surface area contributed by atoms with Gasteiger partial charge in [0.05, 0.1) is 12.6 Å². The summed E-state index contributed by atoms with van der Waals surface area (Å²) in [6.07, 6.45) is 9.46. The topological polar surface area (TPSA) is 27.0 Å². The summed E-state index contributed by atoms with van der Waals surface area (Å²) < 4.78 is 0. The van der Waals surface area contributed by atoms with E-state index in [-0.39, 0.29) is 0 Å². The molecule has 0 aromatic rings. The standard InChI is InChI=1S/C11H20N2/c1-13(10-9-12)11-7-5-3-2-4-6-8-11/h11H,2-8,10H2,1H3. The lowest BCUT2D eigenvalue weighted by Gasteiger charge is -2.27. The van der Waals surface area contributed by atoms with E-state index in [1.807, 2.05) is 0 Å². The Morgan fingerprint density at radius 1 is 1.15 bits per heavy atom. The van der Waals surface area contributed by atoms with Gasteiger partial charge in [-0.05, 0) is 19.9 Å². The second-order valence-corrected chi connectivity index (χ2v) is 4.07. The van der Waals surface area contributed by atoms with Crippen molar-refractivity contribution in [3.8, 4) is 6.07 Å². The summed E-state index contributed by atoms with van der Waals surface area (Å²) in [6.45, 7) is 0.588. The molecule has 2 heteroatoms. The third kappa shape index (κ3) is 3.78. The summed E-state index contributed by atoms with van der Waals surface area (Å²) in [7, 11) is 2.08. The van der Waals surface area contributed by atoms with Crippen molar-refractivity contribution in [2.45, 2.75) is 51.0 Å². The van der Waals surface area contributed by atoms with E-state index in [1.54, 1.807) is 0 Å². The molecule has 0 heterocycles. The minimum absolute atomic E-state index is 0.588. The van der Waals surface area contributed by atoms with E-state index in [0.29, 0.717) is 12.6 Å². The van der Waals surface area contributed by atoms with Crippen LogP contribution in [0.4, 0.5) is 0 Å². The maximum atomic E-state index is 8.60. The van der Waals surface area contributed by atoms with E-state index in [4.69, 9.17) is 5.26 Å². The lowest BCUT2D eigenvalue weighted by Crippen LogP contribution is -2.32. The maximum Gasteiger partial charge on any atom is 0.0865 e. The second kappa shape index (κ2) is 5.99. The van der Waals surface area contributed by atoms with Crippen LogP contribution < -0.4 is 0 Å². The zero-order chi connectivity index (χ0) is 9.52. The first-order valence-electron chi connectivity index (χ1n) is 5.42. The number of nitrogens with zero attached hydrogens (tertiary/aromatic N) is 2. The van der Waals surface area contributed by atoms with Crippen molar-refractivity contribution in [3.63, 3.8) is 0 Å². The van der Waals surface area contributed by atoms with Crippen LogP contribution in [0.15, 0.2) is 0 Å². The SMILES string of the molecule is CN(CC#N)C1CCCCCCC1. The molecule has 74 valence electrons. The summed E-state index contributed by atoms with van der Waals surface area (Å²) in [5.74, 6) is 0. The Kier molecular flexibility index (Phi) is 4.85. The Hall–Kier alpha value is -0.550. The third-order valence-corrected chi connectivity index (χ3v) is 3.02. The predicted molar refractivity (Wildman–Crippen MR) is 54.4 cm³/mol. The quantitative estimate of drug-likeness (QED) is 0.611.